The number of benzene rings is 7. The van der Waals surface area contributed by atoms with Crippen molar-refractivity contribution in [3.8, 4) is 44.5 Å². The molecule has 1 heteroatoms. The fraction of sp³-hybridized carbons (Fsp3) is 0.236. The number of aryl methyl sites for hydroxylation is 1. The topological polar surface area (TPSA) is 3.24 Å². The summed E-state index contributed by atoms with van der Waals surface area (Å²) >= 11 is 0. The molecule has 0 amide bonds. The van der Waals surface area contributed by atoms with Gasteiger partial charge in [0.05, 0.1) is 0 Å². The van der Waals surface area contributed by atoms with Gasteiger partial charge in [0.25, 0.3) is 0 Å². The molecule has 0 fully saturated rings. The zero-order valence-corrected chi connectivity index (χ0v) is 34.6. The average molecular weight is 732 g/mol. The van der Waals surface area contributed by atoms with Crippen LogP contribution in [0.3, 0.4) is 0 Å². The van der Waals surface area contributed by atoms with Crippen LogP contribution in [0.5, 0.6) is 0 Å². The van der Waals surface area contributed by atoms with Crippen LogP contribution < -0.4 is 4.90 Å². The van der Waals surface area contributed by atoms with E-state index in [0.29, 0.717) is 11.8 Å². The van der Waals surface area contributed by atoms with Crippen molar-refractivity contribution in [2.45, 2.75) is 78.6 Å². The van der Waals surface area contributed by atoms with Gasteiger partial charge >= 0.3 is 0 Å². The predicted octanol–water partition coefficient (Wildman–Crippen LogP) is 15.8. The van der Waals surface area contributed by atoms with E-state index < -0.39 is 0 Å². The van der Waals surface area contributed by atoms with Gasteiger partial charge in [-0.15, -0.1) is 0 Å². The quantitative estimate of drug-likeness (QED) is 0.121. The fourth-order valence-electron chi connectivity index (χ4n) is 7.98. The van der Waals surface area contributed by atoms with E-state index in [1.807, 2.05) is 0 Å². The zero-order valence-electron chi connectivity index (χ0n) is 34.6. The second-order valence-electron chi connectivity index (χ2n) is 16.3. The molecule has 0 aliphatic rings. The van der Waals surface area contributed by atoms with Crippen molar-refractivity contribution < 1.29 is 0 Å². The maximum absolute atomic E-state index is 2.50. The Morgan fingerprint density at radius 1 is 0.446 bits per heavy atom. The molecule has 2 atom stereocenters. The van der Waals surface area contributed by atoms with Crippen molar-refractivity contribution in [2.24, 2.45) is 0 Å². The van der Waals surface area contributed by atoms with Gasteiger partial charge in [-0.25, -0.2) is 0 Å². The number of anilines is 2. The summed E-state index contributed by atoms with van der Waals surface area (Å²) in [5.41, 5.74) is 19.2. The normalized spacial score (nSPS) is 12.6. The summed E-state index contributed by atoms with van der Waals surface area (Å²) in [7, 11) is 2.15. The summed E-state index contributed by atoms with van der Waals surface area (Å²) in [6, 6.07) is 60.9. The van der Waals surface area contributed by atoms with E-state index >= 15 is 0 Å². The van der Waals surface area contributed by atoms with Crippen LogP contribution in [0.15, 0.2) is 164 Å². The molecule has 0 spiro atoms. The van der Waals surface area contributed by atoms with Gasteiger partial charge in [0, 0.05) is 23.8 Å². The maximum atomic E-state index is 2.50. The lowest BCUT2D eigenvalue weighted by Gasteiger charge is -2.30. The lowest BCUT2D eigenvalue weighted by atomic mass is 9.74. The highest BCUT2D eigenvalue weighted by molar-refractivity contribution is 5.77. The van der Waals surface area contributed by atoms with Crippen molar-refractivity contribution in [2.75, 3.05) is 11.9 Å². The maximum Gasteiger partial charge on any atom is 0.0408 e. The molecule has 282 valence electrons. The van der Waals surface area contributed by atoms with Crippen molar-refractivity contribution in [1.82, 2.24) is 0 Å². The summed E-state index contributed by atoms with van der Waals surface area (Å²) in [5, 5.41) is 0. The third kappa shape index (κ3) is 8.00. The average Bonchev–Trinajstić information content (AvgIpc) is 3.26. The highest BCUT2D eigenvalue weighted by atomic mass is 15.1. The van der Waals surface area contributed by atoms with Crippen LogP contribution in [-0.4, -0.2) is 7.05 Å². The monoisotopic (exact) mass is 731 g/mol. The van der Waals surface area contributed by atoms with Crippen molar-refractivity contribution in [3.63, 3.8) is 0 Å². The fourth-order valence-corrected chi connectivity index (χ4v) is 7.98. The highest BCUT2D eigenvalue weighted by Gasteiger charge is 2.27. The van der Waals surface area contributed by atoms with Crippen LogP contribution in [0.25, 0.3) is 44.5 Å². The van der Waals surface area contributed by atoms with Gasteiger partial charge in [0.2, 0.25) is 0 Å². The number of hydrogen-bond acceptors (Lipinski definition) is 1. The number of hydrogen-bond donors (Lipinski definition) is 0. The van der Waals surface area contributed by atoms with Gasteiger partial charge in [0.1, 0.15) is 0 Å². The first-order chi connectivity index (χ1) is 27.1. The van der Waals surface area contributed by atoms with E-state index in [-0.39, 0.29) is 5.41 Å². The molecule has 0 aliphatic carbocycles. The summed E-state index contributed by atoms with van der Waals surface area (Å²) < 4.78 is 0. The molecular formula is C55H57N. The minimum Gasteiger partial charge on any atom is -0.345 e. The Bertz CT molecular complexity index is 2380. The van der Waals surface area contributed by atoms with Gasteiger partial charge < -0.3 is 4.90 Å². The molecule has 0 aliphatic heterocycles. The Morgan fingerprint density at radius 3 is 1.32 bits per heavy atom. The summed E-state index contributed by atoms with van der Waals surface area (Å²) in [5.74, 6) is 0.916. The standard InChI is InChI=1S/C55H57N/c1-9-39(4)53-36-47(27-33-51(53)43-21-19-38(3)20-22-43)55(6,7)48-28-34-52(54(37-48)40(5)10-2)44-25-31-50(32-26-44)56(8)49-29-23-42(24-30-49)46-18-14-17-45(35-46)41-15-12-11-13-16-41/h11-37,39-40H,9-10H2,1-8H3. The van der Waals surface area contributed by atoms with Crippen molar-refractivity contribution in [1.29, 1.82) is 0 Å². The molecule has 0 heterocycles. The third-order valence-corrected chi connectivity index (χ3v) is 12.3. The number of nitrogens with zero attached hydrogens (tertiary/aromatic N) is 1. The molecule has 0 radical (unpaired) electrons. The molecular weight excluding hydrogens is 675 g/mol. The van der Waals surface area contributed by atoms with Crippen LogP contribution in [0.4, 0.5) is 11.4 Å². The smallest absolute Gasteiger partial charge is 0.0408 e. The molecule has 0 bridgehead atoms. The Kier molecular flexibility index (Phi) is 11.4. The zero-order chi connectivity index (χ0) is 39.4. The summed E-state index contributed by atoms with van der Waals surface area (Å²) in [6.07, 6.45) is 2.20. The second-order valence-corrected chi connectivity index (χ2v) is 16.3. The van der Waals surface area contributed by atoms with E-state index in [9.17, 15) is 0 Å². The van der Waals surface area contributed by atoms with E-state index in [1.54, 1.807) is 0 Å². The first kappa shape index (κ1) is 38.6. The van der Waals surface area contributed by atoms with Gasteiger partial charge in [-0.3, -0.25) is 0 Å². The molecule has 0 N–H and O–H groups in total. The molecule has 56 heavy (non-hydrogen) atoms. The predicted molar refractivity (Wildman–Crippen MR) is 243 cm³/mol. The van der Waals surface area contributed by atoms with Crippen LogP contribution in [0.2, 0.25) is 0 Å². The van der Waals surface area contributed by atoms with E-state index in [1.165, 1.54) is 78.0 Å². The molecule has 0 saturated carbocycles. The van der Waals surface area contributed by atoms with Crippen LogP contribution in [0, 0.1) is 6.92 Å². The molecule has 7 aromatic carbocycles. The molecule has 7 rings (SSSR count). The number of rotatable bonds is 12. The van der Waals surface area contributed by atoms with Gasteiger partial charge in [-0.2, -0.15) is 0 Å². The van der Waals surface area contributed by atoms with Gasteiger partial charge in [-0.1, -0.05) is 181 Å². The SMILES string of the molecule is CCC(C)c1cc(C(C)(C)c2ccc(-c3ccc(N(C)c4ccc(-c5cccc(-c6ccccc6)c5)cc4)cc3)c(C(C)CC)c2)ccc1-c1ccc(C)cc1. The van der Waals surface area contributed by atoms with Crippen molar-refractivity contribution >= 4 is 11.4 Å². The van der Waals surface area contributed by atoms with E-state index in [2.05, 4.69) is 224 Å². The molecule has 7 aromatic rings. The van der Waals surface area contributed by atoms with Crippen LogP contribution >= 0.6 is 0 Å². The summed E-state index contributed by atoms with van der Waals surface area (Å²) in [4.78, 5) is 2.27. The summed E-state index contributed by atoms with van der Waals surface area (Å²) in [6.45, 7) is 16.3. The van der Waals surface area contributed by atoms with Gasteiger partial charge in [0.15, 0.2) is 0 Å². The van der Waals surface area contributed by atoms with E-state index in [0.717, 1.165) is 18.5 Å². The Morgan fingerprint density at radius 2 is 0.857 bits per heavy atom. The largest absolute Gasteiger partial charge is 0.345 e. The third-order valence-electron chi connectivity index (χ3n) is 12.3. The first-order valence-corrected chi connectivity index (χ1v) is 20.5. The van der Waals surface area contributed by atoms with Crippen molar-refractivity contribution in [3.05, 3.63) is 192 Å². The van der Waals surface area contributed by atoms with Gasteiger partial charge in [-0.05, 0) is 129 Å². The molecule has 0 saturated heterocycles. The molecule has 2 unspecified atom stereocenters. The minimum atomic E-state index is -0.151. The Labute approximate surface area is 336 Å². The molecule has 0 aromatic heterocycles. The first-order valence-electron chi connectivity index (χ1n) is 20.5. The lowest BCUT2D eigenvalue weighted by molar-refractivity contribution is 0.632. The van der Waals surface area contributed by atoms with Crippen LogP contribution in [-0.2, 0) is 5.41 Å². The molecule has 1 nitrogen and oxygen atoms in total. The minimum absolute atomic E-state index is 0.151. The second kappa shape index (κ2) is 16.6. The highest BCUT2D eigenvalue weighted by Crippen LogP contribution is 2.41. The Hall–Kier alpha value is -5.66. The van der Waals surface area contributed by atoms with Crippen LogP contribution in [0.1, 0.15) is 94.0 Å². The Balaban J connectivity index is 1.14. The van der Waals surface area contributed by atoms with E-state index in [4.69, 9.17) is 0 Å². The lowest BCUT2D eigenvalue weighted by Crippen LogP contribution is -2.20.